The van der Waals surface area contributed by atoms with Crippen LogP contribution in [0.1, 0.15) is 194 Å². The topological polar surface area (TPSA) is 43.4 Å². The van der Waals surface area contributed by atoms with Gasteiger partial charge < -0.3 is 9.90 Å². The number of carbonyl (C=O) groups excluding carboxylic acids is 1. The van der Waals surface area contributed by atoms with E-state index < -0.39 is 5.97 Å². The van der Waals surface area contributed by atoms with Crippen LogP contribution in [0, 0.1) is 0 Å². The van der Waals surface area contributed by atoms with Gasteiger partial charge in [0.25, 0.3) is 0 Å². The molecule has 0 aliphatic carbocycles. The Morgan fingerprint density at radius 2 is 0.632 bits per heavy atom. The fourth-order valence-electron chi connectivity index (χ4n) is 5.51. The van der Waals surface area contributed by atoms with Gasteiger partial charge in [0, 0.05) is 6.54 Å². The largest absolute Gasteiger partial charge is 1.00 e. The summed E-state index contributed by atoms with van der Waals surface area (Å²) in [5.41, 5.74) is 0. The average molecular weight is 546 g/mol. The van der Waals surface area contributed by atoms with Gasteiger partial charge in [-0.2, -0.15) is 0 Å². The Kier molecular flexibility index (Phi) is 37.9. The fraction of sp³-hybridized carbons (Fsp3) is 0.971. The van der Waals surface area contributed by atoms with Crippen molar-refractivity contribution >= 4 is 5.97 Å². The monoisotopic (exact) mass is 546 g/mol. The zero-order valence-corrected chi connectivity index (χ0v) is 28.7. The summed E-state index contributed by atoms with van der Waals surface area (Å²) in [5, 5.41) is 11.2. The van der Waals surface area contributed by atoms with Crippen LogP contribution in [-0.4, -0.2) is 30.5 Å². The maximum atomic E-state index is 11.2. The minimum Gasteiger partial charge on any atom is -0.549 e. The van der Waals surface area contributed by atoms with Gasteiger partial charge in [-0.25, -0.2) is 0 Å². The van der Waals surface area contributed by atoms with E-state index in [1.807, 2.05) is 0 Å². The van der Waals surface area contributed by atoms with Crippen LogP contribution in [0.4, 0.5) is 0 Å². The SMILES string of the molecule is CCCCCCCCCCCCCCCCN(CCCCCCCCCCCCCCCC)CC(=O)[O-].[Na+]. The zero-order valence-electron chi connectivity index (χ0n) is 26.7. The zero-order chi connectivity index (χ0) is 27.1. The van der Waals surface area contributed by atoms with Crippen LogP contribution >= 0.6 is 0 Å². The standard InChI is InChI=1S/C34H69NO2.Na/c1-3-5-7-9-11-13-15-17-19-21-23-25-27-29-31-35(33-34(36)37)32-30-28-26-24-22-20-18-16-14-12-10-8-6-4-2;/h3-33H2,1-2H3,(H,36,37);/q;+1/p-1. The Hall–Kier alpha value is 0.430. The van der Waals surface area contributed by atoms with Crippen LogP contribution in [0.15, 0.2) is 0 Å². The second kappa shape index (κ2) is 35.5. The van der Waals surface area contributed by atoms with Crippen molar-refractivity contribution in [1.82, 2.24) is 4.90 Å². The first-order valence-electron chi connectivity index (χ1n) is 17.1. The van der Waals surface area contributed by atoms with Crippen molar-refractivity contribution in [2.75, 3.05) is 19.6 Å². The number of hydrogen-bond donors (Lipinski definition) is 0. The molecule has 0 radical (unpaired) electrons. The van der Waals surface area contributed by atoms with Crippen LogP contribution in [-0.2, 0) is 4.79 Å². The summed E-state index contributed by atoms with van der Waals surface area (Å²) in [5.74, 6) is -0.921. The van der Waals surface area contributed by atoms with Crippen molar-refractivity contribution in [2.24, 2.45) is 0 Å². The van der Waals surface area contributed by atoms with E-state index in [0.717, 1.165) is 25.9 Å². The Labute approximate surface area is 262 Å². The van der Waals surface area contributed by atoms with Gasteiger partial charge in [0.2, 0.25) is 0 Å². The Balaban J connectivity index is 0. The average Bonchev–Trinajstić information content (AvgIpc) is 2.88. The first kappa shape index (κ1) is 40.6. The van der Waals surface area contributed by atoms with Gasteiger partial charge in [0.1, 0.15) is 0 Å². The maximum absolute atomic E-state index is 11.2. The number of nitrogens with zero attached hydrogens (tertiary/aromatic N) is 1. The predicted octanol–water partition coefficient (Wildman–Crippen LogP) is 7.00. The summed E-state index contributed by atoms with van der Waals surface area (Å²) in [6.07, 6.45) is 38.1. The summed E-state index contributed by atoms with van der Waals surface area (Å²) in [4.78, 5) is 13.3. The van der Waals surface area contributed by atoms with Crippen LogP contribution in [0.2, 0.25) is 0 Å². The third kappa shape index (κ3) is 34.5. The summed E-state index contributed by atoms with van der Waals surface area (Å²) >= 11 is 0. The minimum absolute atomic E-state index is 0. The first-order chi connectivity index (χ1) is 18.2. The van der Waals surface area contributed by atoms with Gasteiger partial charge in [-0.3, -0.25) is 4.90 Å². The molecule has 0 heterocycles. The van der Waals surface area contributed by atoms with Crippen LogP contribution in [0.3, 0.4) is 0 Å². The van der Waals surface area contributed by atoms with Crippen molar-refractivity contribution in [1.29, 1.82) is 0 Å². The van der Waals surface area contributed by atoms with E-state index in [-0.39, 0.29) is 36.1 Å². The second-order valence-corrected chi connectivity index (χ2v) is 11.8. The van der Waals surface area contributed by atoms with Crippen molar-refractivity contribution in [2.45, 2.75) is 194 Å². The molecule has 0 bridgehead atoms. The molecule has 0 unspecified atom stereocenters. The molecular formula is C34H68NNaO2. The molecule has 38 heavy (non-hydrogen) atoms. The van der Waals surface area contributed by atoms with Crippen molar-refractivity contribution < 1.29 is 39.5 Å². The number of carbonyl (C=O) groups is 1. The number of carboxylic acids is 1. The minimum atomic E-state index is -0.921. The van der Waals surface area contributed by atoms with Crippen LogP contribution in [0.5, 0.6) is 0 Å². The van der Waals surface area contributed by atoms with Gasteiger partial charge in [-0.05, 0) is 25.9 Å². The number of unbranched alkanes of at least 4 members (excludes halogenated alkanes) is 26. The molecule has 222 valence electrons. The Morgan fingerprint density at radius 3 is 0.842 bits per heavy atom. The molecule has 0 saturated carbocycles. The van der Waals surface area contributed by atoms with Crippen LogP contribution in [0.25, 0.3) is 0 Å². The molecule has 0 saturated heterocycles. The number of carboxylic acid groups (broad SMARTS) is 1. The summed E-state index contributed by atoms with van der Waals surface area (Å²) in [6.45, 7) is 6.52. The van der Waals surface area contributed by atoms with Gasteiger partial charge in [0.15, 0.2) is 0 Å². The van der Waals surface area contributed by atoms with E-state index in [2.05, 4.69) is 18.7 Å². The summed E-state index contributed by atoms with van der Waals surface area (Å²) < 4.78 is 0. The van der Waals surface area contributed by atoms with Crippen molar-refractivity contribution in [3.05, 3.63) is 0 Å². The molecule has 0 aliphatic heterocycles. The molecule has 3 nitrogen and oxygen atoms in total. The van der Waals surface area contributed by atoms with E-state index >= 15 is 0 Å². The molecule has 0 N–H and O–H groups in total. The third-order valence-corrected chi connectivity index (χ3v) is 8.01. The molecule has 0 spiro atoms. The molecule has 0 aliphatic rings. The molecule has 0 aromatic heterocycles. The quantitative estimate of drug-likeness (QED) is 0.0675. The number of hydrogen-bond acceptors (Lipinski definition) is 3. The normalized spacial score (nSPS) is 11.2. The predicted molar refractivity (Wildman–Crippen MR) is 162 cm³/mol. The van der Waals surface area contributed by atoms with Gasteiger partial charge in [0.05, 0.1) is 5.97 Å². The Bertz CT molecular complexity index is 414. The van der Waals surface area contributed by atoms with E-state index in [0.29, 0.717) is 0 Å². The molecule has 0 atom stereocenters. The maximum Gasteiger partial charge on any atom is 1.00 e. The fourth-order valence-corrected chi connectivity index (χ4v) is 5.51. The smallest absolute Gasteiger partial charge is 0.549 e. The van der Waals surface area contributed by atoms with Crippen LogP contribution < -0.4 is 34.7 Å². The Morgan fingerprint density at radius 1 is 0.421 bits per heavy atom. The number of rotatable bonds is 32. The van der Waals surface area contributed by atoms with Crippen molar-refractivity contribution in [3.8, 4) is 0 Å². The van der Waals surface area contributed by atoms with Gasteiger partial charge in [-0.1, -0.05) is 181 Å². The molecule has 0 fully saturated rings. The summed E-state index contributed by atoms with van der Waals surface area (Å²) in [7, 11) is 0. The van der Waals surface area contributed by atoms with E-state index in [1.54, 1.807) is 0 Å². The van der Waals surface area contributed by atoms with Crippen molar-refractivity contribution in [3.63, 3.8) is 0 Å². The molecule has 0 rings (SSSR count). The molecule has 4 heteroatoms. The van der Waals surface area contributed by atoms with E-state index in [9.17, 15) is 9.90 Å². The number of aliphatic carboxylic acids is 1. The summed E-state index contributed by atoms with van der Waals surface area (Å²) in [6, 6.07) is 0. The molecule has 0 aromatic carbocycles. The second-order valence-electron chi connectivity index (χ2n) is 11.8. The molecular weight excluding hydrogens is 477 g/mol. The van der Waals surface area contributed by atoms with E-state index in [4.69, 9.17) is 0 Å². The molecule has 0 amide bonds. The van der Waals surface area contributed by atoms with E-state index in [1.165, 1.54) is 167 Å². The molecule has 0 aromatic rings. The third-order valence-electron chi connectivity index (χ3n) is 8.01. The van der Waals surface area contributed by atoms with Gasteiger partial charge >= 0.3 is 29.6 Å². The first-order valence-corrected chi connectivity index (χ1v) is 17.1. The van der Waals surface area contributed by atoms with Gasteiger partial charge in [-0.15, -0.1) is 0 Å².